The van der Waals surface area contributed by atoms with Crippen LogP contribution in [0, 0.1) is 10.5 Å². The van der Waals surface area contributed by atoms with Crippen LogP contribution < -0.4 is 11.1 Å². The van der Waals surface area contributed by atoms with Gasteiger partial charge in [-0.1, -0.05) is 5.16 Å². The van der Waals surface area contributed by atoms with E-state index in [1.165, 1.54) is 0 Å². The third-order valence-corrected chi connectivity index (χ3v) is 3.11. The number of hydrogen-bond acceptors (Lipinski definition) is 5. The summed E-state index contributed by atoms with van der Waals surface area (Å²) in [4.78, 5) is 4.14. The number of hydrogen-bond donors (Lipinski definition) is 2. The number of anilines is 2. The van der Waals surface area contributed by atoms with Crippen molar-refractivity contribution >= 4 is 34.0 Å². The Balaban J connectivity index is 1.90. The van der Waals surface area contributed by atoms with Crippen LogP contribution in [0.4, 0.5) is 11.4 Å². The zero-order chi connectivity index (χ0) is 12.3. The van der Waals surface area contributed by atoms with Gasteiger partial charge in [0.1, 0.15) is 0 Å². The molecule has 0 amide bonds. The molecule has 0 aliphatic carbocycles. The van der Waals surface area contributed by atoms with Gasteiger partial charge in [0.2, 0.25) is 5.89 Å². The molecular weight excluding hydrogens is 331 g/mol. The molecule has 0 unspecified atom stereocenters. The van der Waals surface area contributed by atoms with Crippen molar-refractivity contribution in [3.8, 4) is 0 Å². The van der Waals surface area contributed by atoms with Crippen LogP contribution in [0.15, 0.2) is 22.7 Å². The van der Waals surface area contributed by atoms with Crippen molar-refractivity contribution in [1.29, 1.82) is 0 Å². The number of nitrogens with zero attached hydrogens (tertiary/aromatic N) is 2. The van der Waals surface area contributed by atoms with Crippen molar-refractivity contribution < 1.29 is 4.52 Å². The fraction of sp³-hybridized carbons (Fsp3) is 0.273. The van der Waals surface area contributed by atoms with E-state index in [1.807, 2.05) is 25.1 Å². The summed E-state index contributed by atoms with van der Waals surface area (Å²) >= 11 is 2.25. The SMILES string of the molecule is Cc1noc(CCNc2ccc(N)cc2I)n1. The molecule has 0 saturated heterocycles. The Morgan fingerprint density at radius 1 is 1.47 bits per heavy atom. The molecule has 90 valence electrons. The zero-order valence-corrected chi connectivity index (χ0v) is 11.6. The highest BCUT2D eigenvalue weighted by Gasteiger charge is 2.03. The summed E-state index contributed by atoms with van der Waals surface area (Å²) in [5, 5.41) is 7.05. The third kappa shape index (κ3) is 3.32. The second kappa shape index (κ2) is 5.35. The topological polar surface area (TPSA) is 77.0 Å². The maximum absolute atomic E-state index is 5.68. The van der Waals surface area contributed by atoms with Gasteiger partial charge in [-0.25, -0.2) is 0 Å². The second-order valence-corrected chi connectivity index (χ2v) is 4.81. The van der Waals surface area contributed by atoms with Gasteiger partial charge in [0.25, 0.3) is 0 Å². The summed E-state index contributed by atoms with van der Waals surface area (Å²) in [6.07, 6.45) is 0.710. The number of aryl methyl sites for hydroxylation is 1. The molecule has 2 rings (SSSR count). The van der Waals surface area contributed by atoms with E-state index in [-0.39, 0.29) is 0 Å². The average Bonchev–Trinajstić information content (AvgIpc) is 2.68. The molecule has 0 saturated carbocycles. The highest BCUT2D eigenvalue weighted by atomic mass is 127. The minimum absolute atomic E-state index is 0.653. The monoisotopic (exact) mass is 344 g/mol. The minimum atomic E-state index is 0.653. The van der Waals surface area contributed by atoms with Crippen molar-refractivity contribution in [1.82, 2.24) is 10.1 Å². The van der Waals surface area contributed by atoms with Crippen molar-refractivity contribution in [3.63, 3.8) is 0 Å². The number of halogens is 1. The summed E-state index contributed by atoms with van der Waals surface area (Å²) in [7, 11) is 0. The Morgan fingerprint density at radius 3 is 2.94 bits per heavy atom. The number of aromatic nitrogens is 2. The standard InChI is InChI=1S/C11H13IN4O/c1-7-15-11(17-16-7)4-5-14-10-3-2-8(13)6-9(10)12/h2-3,6,14H,4-5,13H2,1H3. The molecule has 0 bridgehead atoms. The first-order valence-electron chi connectivity index (χ1n) is 5.23. The highest BCUT2D eigenvalue weighted by molar-refractivity contribution is 14.1. The van der Waals surface area contributed by atoms with Crippen molar-refractivity contribution in [3.05, 3.63) is 33.5 Å². The Hall–Kier alpha value is -1.31. The van der Waals surface area contributed by atoms with Gasteiger partial charge < -0.3 is 15.6 Å². The van der Waals surface area contributed by atoms with Gasteiger partial charge >= 0.3 is 0 Å². The molecule has 1 heterocycles. The lowest BCUT2D eigenvalue weighted by atomic mass is 10.3. The molecule has 0 spiro atoms. The van der Waals surface area contributed by atoms with Gasteiger partial charge in [0, 0.05) is 27.9 Å². The molecule has 0 aliphatic rings. The quantitative estimate of drug-likeness (QED) is 0.657. The van der Waals surface area contributed by atoms with E-state index in [9.17, 15) is 0 Å². The molecule has 6 heteroatoms. The number of rotatable bonds is 4. The van der Waals surface area contributed by atoms with E-state index in [0.29, 0.717) is 18.1 Å². The summed E-state index contributed by atoms with van der Waals surface area (Å²) in [5.41, 5.74) is 7.52. The van der Waals surface area contributed by atoms with Crippen LogP contribution in [0.5, 0.6) is 0 Å². The van der Waals surface area contributed by atoms with Crippen LogP contribution in [0.2, 0.25) is 0 Å². The van der Waals surface area contributed by atoms with Gasteiger partial charge in [-0.05, 0) is 47.7 Å². The molecule has 1 aromatic heterocycles. The largest absolute Gasteiger partial charge is 0.399 e. The highest BCUT2D eigenvalue weighted by Crippen LogP contribution is 2.20. The number of nitrogen functional groups attached to an aromatic ring is 1. The van der Waals surface area contributed by atoms with E-state index in [4.69, 9.17) is 10.3 Å². The predicted molar refractivity (Wildman–Crippen MR) is 74.8 cm³/mol. The predicted octanol–water partition coefficient (Wildman–Crippen LogP) is 2.22. The molecule has 17 heavy (non-hydrogen) atoms. The lowest BCUT2D eigenvalue weighted by Crippen LogP contribution is -2.06. The van der Waals surface area contributed by atoms with Gasteiger partial charge in [-0.15, -0.1) is 0 Å². The summed E-state index contributed by atoms with van der Waals surface area (Å²) < 4.78 is 6.13. The van der Waals surface area contributed by atoms with E-state index < -0.39 is 0 Å². The molecule has 0 radical (unpaired) electrons. The Morgan fingerprint density at radius 2 is 2.29 bits per heavy atom. The summed E-state index contributed by atoms with van der Waals surface area (Å²) in [6, 6.07) is 5.78. The number of nitrogens with two attached hydrogens (primary N) is 1. The Labute approximate surface area is 113 Å². The smallest absolute Gasteiger partial charge is 0.228 e. The normalized spacial score (nSPS) is 10.5. The minimum Gasteiger partial charge on any atom is -0.399 e. The first kappa shape index (κ1) is 12.2. The van der Waals surface area contributed by atoms with Crippen molar-refractivity contribution in [2.45, 2.75) is 13.3 Å². The van der Waals surface area contributed by atoms with Crippen LogP contribution in [0.25, 0.3) is 0 Å². The van der Waals surface area contributed by atoms with E-state index in [0.717, 1.165) is 21.5 Å². The Bertz CT molecular complexity index is 512. The van der Waals surface area contributed by atoms with Crippen molar-refractivity contribution in [2.24, 2.45) is 0 Å². The van der Waals surface area contributed by atoms with Gasteiger partial charge in [0.05, 0.1) is 0 Å². The maximum Gasteiger partial charge on any atom is 0.228 e. The van der Waals surface area contributed by atoms with Crippen molar-refractivity contribution in [2.75, 3.05) is 17.6 Å². The molecule has 0 fully saturated rings. The number of benzene rings is 1. The summed E-state index contributed by atoms with van der Waals surface area (Å²) in [5.74, 6) is 1.32. The average molecular weight is 344 g/mol. The molecule has 0 atom stereocenters. The first-order chi connectivity index (χ1) is 8.15. The third-order valence-electron chi connectivity index (χ3n) is 2.22. The molecule has 0 aliphatic heterocycles. The van der Waals surface area contributed by atoms with Crippen LogP contribution in [0.3, 0.4) is 0 Å². The van der Waals surface area contributed by atoms with Crippen LogP contribution >= 0.6 is 22.6 Å². The van der Waals surface area contributed by atoms with Gasteiger partial charge in [0.15, 0.2) is 5.82 Å². The molecule has 2 aromatic rings. The molecular formula is C11H13IN4O. The lowest BCUT2D eigenvalue weighted by Gasteiger charge is -2.07. The van der Waals surface area contributed by atoms with Crippen LogP contribution in [-0.2, 0) is 6.42 Å². The zero-order valence-electron chi connectivity index (χ0n) is 9.40. The van der Waals surface area contributed by atoms with E-state index in [1.54, 1.807) is 0 Å². The molecule has 3 N–H and O–H groups in total. The fourth-order valence-corrected chi connectivity index (χ4v) is 2.15. The summed E-state index contributed by atoms with van der Waals surface area (Å²) in [6.45, 7) is 2.56. The van der Waals surface area contributed by atoms with E-state index in [2.05, 4.69) is 38.0 Å². The lowest BCUT2D eigenvalue weighted by molar-refractivity contribution is 0.377. The van der Waals surface area contributed by atoms with Crippen LogP contribution in [-0.4, -0.2) is 16.7 Å². The van der Waals surface area contributed by atoms with Gasteiger partial charge in [-0.2, -0.15) is 4.98 Å². The molecule has 5 nitrogen and oxygen atoms in total. The fourth-order valence-electron chi connectivity index (χ4n) is 1.42. The van der Waals surface area contributed by atoms with E-state index >= 15 is 0 Å². The molecule has 1 aromatic carbocycles. The Kier molecular flexibility index (Phi) is 3.82. The first-order valence-corrected chi connectivity index (χ1v) is 6.31. The number of nitrogens with one attached hydrogen (secondary N) is 1. The van der Waals surface area contributed by atoms with Gasteiger partial charge in [-0.3, -0.25) is 0 Å². The van der Waals surface area contributed by atoms with Crippen LogP contribution in [0.1, 0.15) is 11.7 Å². The second-order valence-electron chi connectivity index (χ2n) is 3.65. The maximum atomic E-state index is 5.68.